The summed E-state index contributed by atoms with van der Waals surface area (Å²) in [4.78, 5) is 16.4. The van der Waals surface area contributed by atoms with Crippen LogP contribution in [0.3, 0.4) is 0 Å². The average molecular weight is 326 g/mol. The maximum Gasteiger partial charge on any atom is 0.293 e. The summed E-state index contributed by atoms with van der Waals surface area (Å²) >= 11 is 12.1. The van der Waals surface area contributed by atoms with Crippen molar-refractivity contribution in [3.63, 3.8) is 0 Å². The lowest BCUT2D eigenvalue weighted by atomic mass is 10.1. The molecule has 0 aliphatic carbocycles. The van der Waals surface area contributed by atoms with E-state index in [0.29, 0.717) is 22.4 Å². The first-order valence-corrected chi connectivity index (χ1v) is 7.55. The van der Waals surface area contributed by atoms with Crippen LogP contribution in [0.1, 0.15) is 31.9 Å². The Bertz CT molecular complexity index is 685. The minimum absolute atomic E-state index is 0.128. The Balaban J connectivity index is 2.25. The molecule has 1 heterocycles. The largest absolute Gasteiger partial charge is 0.359 e. The second-order valence-corrected chi connectivity index (χ2v) is 5.65. The molecule has 0 fully saturated rings. The Morgan fingerprint density at radius 3 is 2.81 bits per heavy atom. The second kappa shape index (κ2) is 6.96. The smallest absolute Gasteiger partial charge is 0.293 e. The summed E-state index contributed by atoms with van der Waals surface area (Å²) < 4.78 is 1.64. The lowest BCUT2D eigenvalue weighted by molar-refractivity contribution is 0.648. The average Bonchev–Trinajstić information content (AvgIpc) is 2.43. The van der Waals surface area contributed by atoms with Crippen molar-refractivity contribution >= 4 is 29.0 Å². The highest BCUT2D eigenvalue weighted by molar-refractivity contribution is 6.35. The Morgan fingerprint density at radius 2 is 2.14 bits per heavy atom. The summed E-state index contributed by atoms with van der Waals surface area (Å²) in [5.41, 5.74) is 0.740. The molecule has 2 rings (SSSR count). The lowest BCUT2D eigenvalue weighted by Crippen LogP contribution is -2.25. The van der Waals surface area contributed by atoms with Crippen LogP contribution in [0.25, 0.3) is 0 Å². The highest BCUT2D eigenvalue weighted by Crippen LogP contribution is 2.27. The zero-order valence-electron chi connectivity index (χ0n) is 11.9. The standard InChI is InChI=1S/C15H17Cl2N3O/c1-3-7-20-8-6-18-14(15(20)21)19-10(2)12-5-4-11(16)9-13(12)17/h4-6,8-10H,3,7H2,1-2H3,(H,18,19). The molecule has 0 radical (unpaired) electrons. The number of benzene rings is 1. The van der Waals surface area contributed by atoms with Gasteiger partial charge >= 0.3 is 0 Å². The zero-order chi connectivity index (χ0) is 15.4. The summed E-state index contributed by atoms with van der Waals surface area (Å²) in [6.07, 6.45) is 4.20. The van der Waals surface area contributed by atoms with Crippen LogP contribution < -0.4 is 10.9 Å². The van der Waals surface area contributed by atoms with E-state index in [0.717, 1.165) is 12.0 Å². The molecule has 1 aromatic heterocycles. The number of halogens is 2. The number of nitrogens with one attached hydrogen (secondary N) is 1. The van der Waals surface area contributed by atoms with Crippen LogP contribution in [0.15, 0.2) is 35.4 Å². The van der Waals surface area contributed by atoms with Gasteiger partial charge in [0.25, 0.3) is 5.56 Å². The van der Waals surface area contributed by atoms with Gasteiger partial charge < -0.3 is 9.88 Å². The van der Waals surface area contributed by atoms with Gasteiger partial charge in [0.2, 0.25) is 0 Å². The van der Waals surface area contributed by atoms with Gasteiger partial charge in [-0.2, -0.15) is 0 Å². The molecule has 21 heavy (non-hydrogen) atoms. The zero-order valence-corrected chi connectivity index (χ0v) is 13.4. The molecule has 1 unspecified atom stereocenters. The Morgan fingerprint density at radius 1 is 1.38 bits per heavy atom. The number of aromatic nitrogens is 2. The van der Waals surface area contributed by atoms with Crippen LogP contribution >= 0.6 is 23.2 Å². The van der Waals surface area contributed by atoms with Gasteiger partial charge in [-0.05, 0) is 31.0 Å². The van der Waals surface area contributed by atoms with Crippen molar-refractivity contribution in [1.29, 1.82) is 0 Å². The van der Waals surface area contributed by atoms with Crippen LogP contribution in [-0.4, -0.2) is 9.55 Å². The molecule has 6 heteroatoms. The molecule has 0 bridgehead atoms. The fraction of sp³-hybridized carbons (Fsp3) is 0.333. The second-order valence-electron chi connectivity index (χ2n) is 4.81. The number of rotatable bonds is 5. The van der Waals surface area contributed by atoms with Gasteiger partial charge in [0.1, 0.15) is 0 Å². The molecule has 112 valence electrons. The molecule has 1 aromatic carbocycles. The van der Waals surface area contributed by atoms with E-state index in [1.165, 1.54) is 0 Å². The van der Waals surface area contributed by atoms with Gasteiger partial charge in [-0.25, -0.2) is 4.98 Å². The van der Waals surface area contributed by atoms with E-state index < -0.39 is 0 Å². The summed E-state index contributed by atoms with van der Waals surface area (Å²) in [6.45, 7) is 4.62. The number of aryl methyl sites for hydroxylation is 1. The molecule has 0 saturated heterocycles. The first-order valence-electron chi connectivity index (χ1n) is 6.80. The lowest BCUT2D eigenvalue weighted by Gasteiger charge is -2.16. The number of anilines is 1. The van der Waals surface area contributed by atoms with Crippen molar-refractivity contribution < 1.29 is 0 Å². The third-order valence-corrected chi connectivity index (χ3v) is 3.72. The van der Waals surface area contributed by atoms with Gasteiger partial charge in [0, 0.05) is 29.0 Å². The van der Waals surface area contributed by atoms with Crippen LogP contribution in [0.5, 0.6) is 0 Å². The topological polar surface area (TPSA) is 46.9 Å². The molecular weight excluding hydrogens is 309 g/mol. The van der Waals surface area contributed by atoms with Crippen molar-refractivity contribution in [3.05, 3.63) is 56.6 Å². The third-order valence-electron chi connectivity index (χ3n) is 3.16. The minimum atomic E-state index is -0.146. The van der Waals surface area contributed by atoms with Crippen molar-refractivity contribution in [2.45, 2.75) is 32.9 Å². The van der Waals surface area contributed by atoms with Gasteiger partial charge in [-0.1, -0.05) is 36.2 Å². The van der Waals surface area contributed by atoms with Crippen molar-refractivity contribution in [3.8, 4) is 0 Å². The monoisotopic (exact) mass is 325 g/mol. The SMILES string of the molecule is CCCn1ccnc(NC(C)c2ccc(Cl)cc2Cl)c1=O. The third kappa shape index (κ3) is 3.77. The van der Waals surface area contributed by atoms with Gasteiger partial charge in [0.15, 0.2) is 5.82 Å². The van der Waals surface area contributed by atoms with Gasteiger partial charge in [0.05, 0.1) is 6.04 Å². The molecule has 0 spiro atoms. The van der Waals surface area contributed by atoms with E-state index in [9.17, 15) is 4.79 Å². The molecule has 1 N–H and O–H groups in total. The maximum absolute atomic E-state index is 12.2. The van der Waals surface area contributed by atoms with Crippen LogP contribution in [-0.2, 0) is 6.54 Å². The summed E-state index contributed by atoms with van der Waals surface area (Å²) in [7, 11) is 0. The fourth-order valence-corrected chi connectivity index (χ4v) is 2.67. The van der Waals surface area contributed by atoms with Crippen LogP contribution in [0.2, 0.25) is 10.0 Å². The van der Waals surface area contributed by atoms with Crippen molar-refractivity contribution in [2.75, 3.05) is 5.32 Å². The minimum Gasteiger partial charge on any atom is -0.359 e. The van der Waals surface area contributed by atoms with E-state index in [1.54, 1.807) is 29.1 Å². The van der Waals surface area contributed by atoms with Crippen molar-refractivity contribution in [1.82, 2.24) is 9.55 Å². The maximum atomic E-state index is 12.2. The van der Waals surface area contributed by atoms with Crippen molar-refractivity contribution in [2.24, 2.45) is 0 Å². The summed E-state index contributed by atoms with van der Waals surface area (Å²) in [5, 5.41) is 4.26. The van der Waals surface area contributed by atoms with Gasteiger partial charge in [-0.3, -0.25) is 4.79 Å². The van der Waals surface area contributed by atoms with Gasteiger partial charge in [-0.15, -0.1) is 0 Å². The van der Waals surface area contributed by atoms with E-state index in [2.05, 4.69) is 10.3 Å². The predicted octanol–water partition coefficient (Wildman–Crippen LogP) is 4.13. The summed E-state index contributed by atoms with van der Waals surface area (Å²) in [5.74, 6) is 0.324. The Hall–Kier alpha value is -1.52. The molecule has 2 aromatic rings. The predicted molar refractivity (Wildman–Crippen MR) is 87.3 cm³/mol. The quantitative estimate of drug-likeness (QED) is 0.898. The Kier molecular flexibility index (Phi) is 5.26. The highest BCUT2D eigenvalue weighted by Gasteiger charge is 2.13. The molecule has 0 amide bonds. The first-order chi connectivity index (χ1) is 10.0. The van der Waals surface area contributed by atoms with E-state index in [4.69, 9.17) is 23.2 Å². The number of nitrogens with zero attached hydrogens (tertiary/aromatic N) is 2. The first kappa shape index (κ1) is 15.9. The van der Waals surface area contributed by atoms with E-state index in [-0.39, 0.29) is 11.6 Å². The molecule has 1 atom stereocenters. The molecule has 0 aliphatic heterocycles. The molecule has 0 aliphatic rings. The molecule has 4 nitrogen and oxygen atoms in total. The van der Waals surface area contributed by atoms with E-state index >= 15 is 0 Å². The fourth-order valence-electron chi connectivity index (χ4n) is 2.10. The van der Waals surface area contributed by atoms with Crippen LogP contribution in [0, 0.1) is 0 Å². The highest BCUT2D eigenvalue weighted by atomic mass is 35.5. The number of hydrogen-bond donors (Lipinski definition) is 1. The number of hydrogen-bond acceptors (Lipinski definition) is 3. The van der Waals surface area contributed by atoms with Crippen LogP contribution in [0.4, 0.5) is 5.82 Å². The Labute approximate surface area is 133 Å². The summed E-state index contributed by atoms with van der Waals surface area (Å²) in [6, 6.07) is 5.15. The van der Waals surface area contributed by atoms with E-state index in [1.807, 2.05) is 19.9 Å². The molecule has 0 saturated carbocycles. The molecular formula is C15H17Cl2N3O. The normalized spacial score (nSPS) is 12.2.